The lowest BCUT2D eigenvalue weighted by Gasteiger charge is -2.25. The van der Waals surface area contributed by atoms with Gasteiger partial charge in [-0.3, -0.25) is 4.79 Å². The van der Waals surface area contributed by atoms with Crippen molar-refractivity contribution in [2.24, 2.45) is 0 Å². The summed E-state index contributed by atoms with van der Waals surface area (Å²) in [7, 11) is 0. The Morgan fingerprint density at radius 2 is 2.07 bits per heavy atom. The molecule has 0 atom stereocenters. The molecule has 2 N–H and O–H groups in total. The predicted molar refractivity (Wildman–Crippen MR) is 55.3 cm³/mol. The van der Waals surface area contributed by atoms with Crippen molar-refractivity contribution in [1.82, 2.24) is 15.3 Å². The molecule has 0 aromatic carbocycles. The second-order valence-corrected chi connectivity index (χ2v) is 3.94. The number of carbonyl (C=O) groups excluding carboxylic acids is 1. The maximum atomic E-state index is 11.7. The molecule has 0 saturated heterocycles. The van der Waals surface area contributed by atoms with E-state index >= 15 is 0 Å². The highest BCUT2D eigenvalue weighted by atomic mass is 16.3. The summed E-state index contributed by atoms with van der Waals surface area (Å²) in [6, 6.07) is 0. The topological polar surface area (TPSA) is 75.1 Å². The molecular formula is C10H15N3O2. The Labute approximate surface area is 88.6 Å². The Balaban J connectivity index is 2.64. The molecule has 1 heterocycles. The summed E-state index contributed by atoms with van der Waals surface area (Å²) < 4.78 is 0. The van der Waals surface area contributed by atoms with Crippen molar-refractivity contribution < 1.29 is 9.90 Å². The average Bonchev–Trinajstić information content (AvgIpc) is 2.18. The van der Waals surface area contributed by atoms with Crippen molar-refractivity contribution in [3.63, 3.8) is 0 Å². The SMILES string of the molecule is CC(C)(CCO)NC(=O)c1cncnc1. The number of aliphatic hydroxyl groups excluding tert-OH is 1. The van der Waals surface area contributed by atoms with Gasteiger partial charge >= 0.3 is 0 Å². The Bertz CT molecular complexity index is 325. The van der Waals surface area contributed by atoms with E-state index in [1.807, 2.05) is 13.8 Å². The maximum Gasteiger partial charge on any atom is 0.254 e. The fraction of sp³-hybridized carbons (Fsp3) is 0.500. The van der Waals surface area contributed by atoms with Gasteiger partial charge in [-0.15, -0.1) is 0 Å². The zero-order chi connectivity index (χ0) is 11.3. The highest BCUT2D eigenvalue weighted by molar-refractivity contribution is 5.93. The first-order chi connectivity index (χ1) is 7.05. The van der Waals surface area contributed by atoms with Gasteiger partial charge in [-0.1, -0.05) is 0 Å². The molecule has 0 fully saturated rings. The van der Waals surface area contributed by atoms with Crippen LogP contribution in [-0.4, -0.2) is 33.1 Å². The van der Waals surface area contributed by atoms with Gasteiger partial charge < -0.3 is 10.4 Å². The van der Waals surface area contributed by atoms with E-state index < -0.39 is 5.54 Å². The normalized spacial score (nSPS) is 11.1. The summed E-state index contributed by atoms with van der Waals surface area (Å²) in [6.07, 6.45) is 4.79. The predicted octanol–water partition coefficient (Wildman–Crippen LogP) is 0.367. The highest BCUT2D eigenvalue weighted by Gasteiger charge is 2.20. The Morgan fingerprint density at radius 3 is 2.60 bits per heavy atom. The van der Waals surface area contributed by atoms with Crippen LogP contribution in [0.2, 0.25) is 0 Å². The van der Waals surface area contributed by atoms with Crippen molar-refractivity contribution in [1.29, 1.82) is 0 Å². The Morgan fingerprint density at radius 1 is 1.47 bits per heavy atom. The van der Waals surface area contributed by atoms with E-state index in [2.05, 4.69) is 15.3 Å². The highest BCUT2D eigenvalue weighted by Crippen LogP contribution is 2.08. The van der Waals surface area contributed by atoms with Crippen molar-refractivity contribution in [3.05, 3.63) is 24.3 Å². The second-order valence-electron chi connectivity index (χ2n) is 3.94. The molecule has 1 amide bonds. The maximum absolute atomic E-state index is 11.7. The summed E-state index contributed by atoms with van der Waals surface area (Å²) in [6.45, 7) is 3.74. The summed E-state index contributed by atoms with van der Waals surface area (Å²) in [5, 5.41) is 11.6. The molecule has 0 bridgehead atoms. The van der Waals surface area contributed by atoms with Crippen LogP contribution >= 0.6 is 0 Å². The molecule has 0 unspecified atom stereocenters. The molecule has 0 aliphatic rings. The Kier molecular flexibility index (Phi) is 3.74. The molecule has 82 valence electrons. The molecule has 0 saturated carbocycles. The number of nitrogens with zero attached hydrogens (tertiary/aromatic N) is 2. The van der Waals surface area contributed by atoms with Gasteiger partial charge in [-0.25, -0.2) is 9.97 Å². The molecule has 1 aromatic rings. The number of rotatable bonds is 4. The minimum absolute atomic E-state index is 0.0402. The average molecular weight is 209 g/mol. The number of aliphatic hydroxyl groups is 1. The molecule has 0 spiro atoms. The molecular weight excluding hydrogens is 194 g/mol. The van der Waals surface area contributed by atoms with Gasteiger partial charge in [0.1, 0.15) is 6.33 Å². The van der Waals surface area contributed by atoms with Crippen LogP contribution in [0.3, 0.4) is 0 Å². The third kappa shape index (κ3) is 3.63. The summed E-state index contributed by atoms with van der Waals surface area (Å²) >= 11 is 0. The molecule has 1 rings (SSSR count). The van der Waals surface area contributed by atoms with Crippen LogP contribution in [0.25, 0.3) is 0 Å². The van der Waals surface area contributed by atoms with E-state index in [-0.39, 0.29) is 12.5 Å². The van der Waals surface area contributed by atoms with Gasteiger partial charge in [-0.2, -0.15) is 0 Å². The molecule has 0 aliphatic heterocycles. The third-order valence-corrected chi connectivity index (χ3v) is 2.01. The third-order valence-electron chi connectivity index (χ3n) is 2.01. The fourth-order valence-electron chi connectivity index (χ4n) is 1.14. The van der Waals surface area contributed by atoms with Crippen molar-refractivity contribution >= 4 is 5.91 Å². The van der Waals surface area contributed by atoms with Crippen LogP contribution < -0.4 is 5.32 Å². The van der Waals surface area contributed by atoms with Crippen LogP contribution in [-0.2, 0) is 0 Å². The molecule has 0 aliphatic carbocycles. The lowest BCUT2D eigenvalue weighted by Crippen LogP contribution is -2.44. The number of amides is 1. The quantitative estimate of drug-likeness (QED) is 0.751. The number of nitrogens with one attached hydrogen (secondary N) is 1. The molecule has 5 nitrogen and oxygen atoms in total. The van der Waals surface area contributed by atoms with Gasteiger partial charge in [0.25, 0.3) is 5.91 Å². The molecule has 1 aromatic heterocycles. The summed E-state index contributed by atoms with van der Waals surface area (Å²) in [4.78, 5) is 19.2. The standard InChI is InChI=1S/C10H15N3O2/c1-10(2,3-4-14)13-9(15)8-5-11-7-12-6-8/h5-7,14H,3-4H2,1-2H3,(H,13,15). The summed E-state index contributed by atoms with van der Waals surface area (Å²) in [5.74, 6) is -0.228. The van der Waals surface area contributed by atoms with Crippen molar-refractivity contribution in [2.45, 2.75) is 25.8 Å². The largest absolute Gasteiger partial charge is 0.396 e. The van der Waals surface area contributed by atoms with Crippen LogP contribution in [0.15, 0.2) is 18.7 Å². The van der Waals surface area contributed by atoms with E-state index in [0.29, 0.717) is 12.0 Å². The van der Waals surface area contributed by atoms with E-state index in [0.717, 1.165) is 0 Å². The number of hydrogen-bond acceptors (Lipinski definition) is 4. The van der Waals surface area contributed by atoms with Crippen LogP contribution in [0, 0.1) is 0 Å². The van der Waals surface area contributed by atoms with Crippen molar-refractivity contribution in [2.75, 3.05) is 6.61 Å². The zero-order valence-corrected chi connectivity index (χ0v) is 8.90. The molecule has 5 heteroatoms. The van der Waals surface area contributed by atoms with Gasteiger partial charge in [-0.05, 0) is 20.3 Å². The minimum atomic E-state index is -0.429. The summed E-state index contributed by atoms with van der Waals surface area (Å²) in [5.41, 5.74) is -0.00897. The van der Waals surface area contributed by atoms with E-state index in [4.69, 9.17) is 5.11 Å². The van der Waals surface area contributed by atoms with Crippen LogP contribution in [0.1, 0.15) is 30.6 Å². The van der Waals surface area contributed by atoms with Gasteiger partial charge in [0.05, 0.1) is 5.56 Å². The first-order valence-corrected chi connectivity index (χ1v) is 4.73. The first kappa shape index (κ1) is 11.6. The van der Waals surface area contributed by atoms with Crippen molar-refractivity contribution in [3.8, 4) is 0 Å². The van der Waals surface area contributed by atoms with E-state index in [9.17, 15) is 4.79 Å². The zero-order valence-electron chi connectivity index (χ0n) is 8.90. The fourth-order valence-corrected chi connectivity index (χ4v) is 1.14. The number of aromatic nitrogens is 2. The number of hydrogen-bond donors (Lipinski definition) is 2. The van der Waals surface area contributed by atoms with E-state index in [1.165, 1.54) is 18.7 Å². The Hall–Kier alpha value is -1.49. The van der Waals surface area contributed by atoms with E-state index in [1.54, 1.807) is 0 Å². The minimum Gasteiger partial charge on any atom is -0.396 e. The second kappa shape index (κ2) is 4.84. The lowest BCUT2D eigenvalue weighted by atomic mass is 10.0. The number of carbonyl (C=O) groups is 1. The van der Waals surface area contributed by atoms with Crippen LogP contribution in [0.5, 0.6) is 0 Å². The first-order valence-electron chi connectivity index (χ1n) is 4.73. The lowest BCUT2D eigenvalue weighted by molar-refractivity contribution is 0.0898. The monoisotopic (exact) mass is 209 g/mol. The van der Waals surface area contributed by atoms with Crippen LogP contribution in [0.4, 0.5) is 0 Å². The molecule has 0 radical (unpaired) electrons. The van der Waals surface area contributed by atoms with Gasteiger partial charge in [0.15, 0.2) is 0 Å². The smallest absolute Gasteiger partial charge is 0.254 e. The van der Waals surface area contributed by atoms with Gasteiger partial charge in [0, 0.05) is 24.5 Å². The van der Waals surface area contributed by atoms with Gasteiger partial charge in [0.2, 0.25) is 0 Å². The molecule has 15 heavy (non-hydrogen) atoms.